The number of nitrogens with zero attached hydrogens (tertiary/aromatic N) is 2. The van der Waals surface area contributed by atoms with Crippen molar-refractivity contribution in [3.8, 4) is 0 Å². The fraction of sp³-hybridized carbons (Fsp3) is 0.333. The number of halogens is 1. The van der Waals surface area contributed by atoms with Crippen molar-refractivity contribution in [2.24, 2.45) is 0 Å². The van der Waals surface area contributed by atoms with Crippen molar-refractivity contribution < 1.29 is 0 Å². The molecule has 0 spiro atoms. The van der Waals surface area contributed by atoms with Gasteiger partial charge in [-0.2, -0.15) is 8.75 Å². The van der Waals surface area contributed by atoms with Gasteiger partial charge in [-0.15, -0.1) is 0 Å². The average Bonchev–Trinajstić information content (AvgIpc) is 2.83. The lowest BCUT2D eigenvalue weighted by Gasteiger charge is -2.20. The van der Waals surface area contributed by atoms with Gasteiger partial charge in [0.05, 0.1) is 22.4 Å². The maximum absolute atomic E-state index is 6.23. The van der Waals surface area contributed by atoms with Crippen molar-refractivity contribution in [1.82, 2.24) is 8.75 Å². The first-order valence-corrected chi connectivity index (χ1v) is 6.79. The Balaban J connectivity index is 1.98. The molecule has 0 amide bonds. The monoisotopic (exact) mass is 265 g/mol. The Morgan fingerprint density at radius 2 is 2.29 bits per heavy atom. The molecule has 0 fully saturated rings. The Bertz CT molecular complexity index is 564. The highest BCUT2D eigenvalue weighted by Gasteiger charge is 2.14. The van der Waals surface area contributed by atoms with E-state index < -0.39 is 0 Å². The van der Waals surface area contributed by atoms with Gasteiger partial charge in [-0.05, 0) is 31.4 Å². The first kappa shape index (κ1) is 11.0. The quantitative estimate of drug-likeness (QED) is 0.838. The number of benzene rings is 1. The van der Waals surface area contributed by atoms with Crippen LogP contribution in [0.3, 0.4) is 0 Å². The molecule has 1 N–H and O–H groups in total. The fourth-order valence-electron chi connectivity index (χ4n) is 2.08. The summed E-state index contributed by atoms with van der Waals surface area (Å²) in [6, 6.07) is 4.14. The number of hydrogen-bond acceptors (Lipinski definition) is 4. The Kier molecular flexibility index (Phi) is 2.99. The first-order chi connectivity index (χ1) is 8.34. The van der Waals surface area contributed by atoms with E-state index in [1.54, 1.807) is 0 Å². The summed E-state index contributed by atoms with van der Waals surface area (Å²) in [6.07, 6.45) is 7.96. The van der Waals surface area contributed by atoms with Gasteiger partial charge in [0.25, 0.3) is 0 Å². The summed E-state index contributed by atoms with van der Waals surface area (Å²) in [7, 11) is 0. The van der Waals surface area contributed by atoms with Crippen LogP contribution in [0.5, 0.6) is 0 Å². The lowest BCUT2D eigenvalue weighted by molar-refractivity contribution is 0.674. The third kappa shape index (κ3) is 2.15. The molecule has 1 heterocycles. The van der Waals surface area contributed by atoms with Crippen molar-refractivity contribution in [3.05, 3.63) is 29.3 Å². The minimum atomic E-state index is 0.355. The highest BCUT2D eigenvalue weighted by atomic mass is 35.5. The highest BCUT2D eigenvalue weighted by molar-refractivity contribution is 7.00. The van der Waals surface area contributed by atoms with Gasteiger partial charge in [-0.3, -0.25) is 0 Å². The summed E-state index contributed by atoms with van der Waals surface area (Å²) in [5, 5.41) is 4.18. The fourth-order valence-corrected chi connectivity index (χ4v) is 2.83. The highest BCUT2D eigenvalue weighted by Crippen LogP contribution is 2.31. The molecule has 0 bridgehead atoms. The first-order valence-electron chi connectivity index (χ1n) is 5.68. The predicted octanol–water partition coefficient (Wildman–Crippen LogP) is 3.87. The summed E-state index contributed by atoms with van der Waals surface area (Å²) in [5.41, 5.74) is 2.69. The molecule has 0 aliphatic heterocycles. The smallest absolute Gasteiger partial charge is 0.129 e. The van der Waals surface area contributed by atoms with Crippen LogP contribution in [0.1, 0.15) is 19.3 Å². The van der Waals surface area contributed by atoms with Gasteiger partial charge >= 0.3 is 0 Å². The van der Waals surface area contributed by atoms with E-state index in [4.69, 9.17) is 11.6 Å². The van der Waals surface area contributed by atoms with Crippen LogP contribution < -0.4 is 5.32 Å². The number of fused-ring (bicyclic) bond motifs is 1. The van der Waals surface area contributed by atoms with Gasteiger partial charge in [0.2, 0.25) is 0 Å². The number of anilines is 1. The molecule has 5 heteroatoms. The summed E-state index contributed by atoms with van der Waals surface area (Å²) in [6.45, 7) is 0. The second-order valence-electron chi connectivity index (χ2n) is 4.16. The second kappa shape index (κ2) is 4.63. The Labute approximate surface area is 109 Å². The standard InChI is InChI=1S/C12H12ClN3S/c13-9-6-7-10-12(16-17-15-10)11(9)14-8-4-2-1-3-5-8/h2,4,6-8,14H,1,3,5H2. The van der Waals surface area contributed by atoms with Crippen LogP contribution >= 0.6 is 23.3 Å². The topological polar surface area (TPSA) is 37.8 Å². The molecule has 1 aliphatic carbocycles. The summed E-state index contributed by atoms with van der Waals surface area (Å²) in [5.74, 6) is 0. The molecule has 0 saturated heterocycles. The Morgan fingerprint density at radius 1 is 1.35 bits per heavy atom. The van der Waals surface area contributed by atoms with Gasteiger partial charge in [-0.25, -0.2) is 0 Å². The van der Waals surface area contributed by atoms with Crippen molar-refractivity contribution in [1.29, 1.82) is 0 Å². The molecular formula is C12H12ClN3S. The molecule has 1 unspecified atom stereocenters. The zero-order chi connectivity index (χ0) is 11.7. The normalized spacial score (nSPS) is 19.7. The van der Waals surface area contributed by atoms with Crippen molar-refractivity contribution >= 4 is 40.0 Å². The van der Waals surface area contributed by atoms with Gasteiger partial charge < -0.3 is 5.32 Å². The van der Waals surface area contributed by atoms with E-state index in [1.165, 1.54) is 24.6 Å². The zero-order valence-electron chi connectivity index (χ0n) is 9.19. The Hall–Kier alpha value is -1.13. The van der Waals surface area contributed by atoms with Crippen LogP contribution in [0, 0.1) is 0 Å². The molecule has 1 aromatic heterocycles. The van der Waals surface area contributed by atoms with Crippen molar-refractivity contribution in [2.45, 2.75) is 25.3 Å². The van der Waals surface area contributed by atoms with E-state index in [9.17, 15) is 0 Å². The van der Waals surface area contributed by atoms with Crippen molar-refractivity contribution in [3.63, 3.8) is 0 Å². The average molecular weight is 266 g/mol. The number of nitrogens with one attached hydrogen (secondary N) is 1. The molecule has 0 saturated carbocycles. The van der Waals surface area contributed by atoms with Gasteiger partial charge in [0, 0.05) is 6.04 Å². The van der Waals surface area contributed by atoms with Crippen LogP contribution in [-0.4, -0.2) is 14.8 Å². The van der Waals surface area contributed by atoms with Crippen LogP contribution in [-0.2, 0) is 0 Å². The molecule has 3 nitrogen and oxygen atoms in total. The number of hydrogen-bond donors (Lipinski definition) is 1. The zero-order valence-corrected chi connectivity index (χ0v) is 10.8. The van der Waals surface area contributed by atoms with Crippen LogP contribution in [0.25, 0.3) is 11.0 Å². The SMILES string of the molecule is Clc1ccc2nsnc2c1NC1C=CCCC1. The third-order valence-electron chi connectivity index (χ3n) is 2.96. The minimum absolute atomic E-state index is 0.355. The lowest BCUT2D eigenvalue weighted by atomic mass is 10.0. The summed E-state index contributed by atoms with van der Waals surface area (Å²) < 4.78 is 8.53. The lowest BCUT2D eigenvalue weighted by Crippen LogP contribution is -2.19. The molecule has 0 radical (unpaired) electrons. The summed E-state index contributed by atoms with van der Waals surface area (Å²) in [4.78, 5) is 0. The molecular weight excluding hydrogens is 254 g/mol. The van der Waals surface area contributed by atoms with Gasteiger partial charge in [0.1, 0.15) is 11.0 Å². The molecule has 2 aromatic rings. The maximum atomic E-state index is 6.23. The predicted molar refractivity (Wildman–Crippen MR) is 72.8 cm³/mol. The number of rotatable bonds is 2. The third-order valence-corrected chi connectivity index (χ3v) is 3.82. The number of allylic oxidation sites excluding steroid dienone is 1. The van der Waals surface area contributed by atoms with E-state index in [2.05, 4.69) is 26.2 Å². The van der Waals surface area contributed by atoms with Gasteiger partial charge in [-0.1, -0.05) is 23.8 Å². The second-order valence-corrected chi connectivity index (χ2v) is 5.10. The molecule has 1 aromatic carbocycles. The molecule has 88 valence electrons. The van der Waals surface area contributed by atoms with E-state index in [0.29, 0.717) is 11.1 Å². The number of aromatic nitrogens is 2. The van der Waals surface area contributed by atoms with Crippen LogP contribution in [0.2, 0.25) is 5.02 Å². The molecule has 1 atom stereocenters. The van der Waals surface area contributed by atoms with E-state index in [0.717, 1.165) is 23.1 Å². The minimum Gasteiger partial charge on any atom is -0.376 e. The summed E-state index contributed by atoms with van der Waals surface area (Å²) >= 11 is 7.45. The Morgan fingerprint density at radius 3 is 3.12 bits per heavy atom. The molecule has 17 heavy (non-hydrogen) atoms. The van der Waals surface area contributed by atoms with Crippen LogP contribution in [0.15, 0.2) is 24.3 Å². The van der Waals surface area contributed by atoms with Gasteiger partial charge in [0.15, 0.2) is 0 Å². The molecule has 1 aliphatic rings. The van der Waals surface area contributed by atoms with E-state index >= 15 is 0 Å². The van der Waals surface area contributed by atoms with E-state index in [-0.39, 0.29) is 0 Å². The van der Waals surface area contributed by atoms with E-state index in [1.807, 2.05) is 12.1 Å². The maximum Gasteiger partial charge on any atom is 0.129 e. The van der Waals surface area contributed by atoms with Crippen LogP contribution in [0.4, 0.5) is 5.69 Å². The molecule has 3 rings (SSSR count). The van der Waals surface area contributed by atoms with Crippen molar-refractivity contribution in [2.75, 3.05) is 5.32 Å². The largest absolute Gasteiger partial charge is 0.376 e.